The van der Waals surface area contributed by atoms with Crippen LogP contribution in [0.1, 0.15) is 47.5 Å². The second kappa shape index (κ2) is 7.54. The van der Waals surface area contributed by atoms with E-state index in [1.54, 1.807) is 24.1 Å². The molecule has 148 valence electrons. The summed E-state index contributed by atoms with van der Waals surface area (Å²) < 4.78 is 5.21. The zero-order chi connectivity index (χ0) is 20.5. The summed E-state index contributed by atoms with van der Waals surface area (Å²) in [6, 6.07) is 13.7. The lowest BCUT2D eigenvalue weighted by molar-refractivity contribution is -0.119. The molecule has 1 N–H and O–H groups in total. The van der Waals surface area contributed by atoms with Crippen LogP contribution in [0.3, 0.4) is 0 Å². The van der Waals surface area contributed by atoms with Gasteiger partial charge in [0, 0.05) is 35.7 Å². The Hall–Kier alpha value is -3.41. The normalized spacial score (nSPS) is 19.2. The molecule has 1 aliphatic carbocycles. The molecule has 0 bridgehead atoms. The first-order valence-electron chi connectivity index (χ1n) is 9.56. The topological polar surface area (TPSA) is 83.9 Å². The van der Waals surface area contributed by atoms with Crippen LogP contribution in [-0.4, -0.2) is 29.9 Å². The zero-order valence-electron chi connectivity index (χ0n) is 16.1. The average Bonchev–Trinajstić information content (AvgIpc) is 2.73. The Morgan fingerprint density at radius 3 is 2.34 bits per heavy atom. The molecule has 6 nitrogen and oxygen atoms in total. The number of amides is 1. The highest BCUT2D eigenvalue weighted by molar-refractivity contribution is 6.07. The number of carbonyl (C=O) groups excluding carboxylic acids is 2. The van der Waals surface area contributed by atoms with E-state index in [1.165, 1.54) is 12.1 Å². The van der Waals surface area contributed by atoms with E-state index in [-0.39, 0.29) is 29.6 Å². The number of methoxy groups -OCH3 is 1. The zero-order valence-corrected chi connectivity index (χ0v) is 16.1. The third-order valence-corrected chi connectivity index (χ3v) is 5.57. The number of carbonyl (C=O) groups is 3. The van der Waals surface area contributed by atoms with Gasteiger partial charge in [-0.05, 0) is 54.8 Å². The second-order valence-electron chi connectivity index (χ2n) is 7.25. The monoisotopic (exact) mass is 391 g/mol. The first-order chi connectivity index (χ1) is 14.0. The molecule has 6 heteroatoms. The number of nitrogens with zero attached hydrogens (tertiary/aromatic N) is 1. The van der Waals surface area contributed by atoms with E-state index >= 15 is 0 Å². The third-order valence-electron chi connectivity index (χ3n) is 5.57. The average molecular weight is 391 g/mol. The summed E-state index contributed by atoms with van der Waals surface area (Å²) in [6.07, 6.45) is 2.01. The molecule has 1 heterocycles. The van der Waals surface area contributed by atoms with Crippen molar-refractivity contribution in [2.75, 3.05) is 12.0 Å². The highest BCUT2D eigenvalue weighted by atomic mass is 16.5. The van der Waals surface area contributed by atoms with Crippen molar-refractivity contribution < 1.29 is 24.2 Å². The number of carboxylic acids is 1. The maximum Gasteiger partial charge on any atom is 0.335 e. The smallest absolute Gasteiger partial charge is 0.335 e. The molecule has 2 aromatic carbocycles. The maximum atomic E-state index is 13.1. The van der Waals surface area contributed by atoms with Crippen LogP contribution in [-0.2, 0) is 9.59 Å². The SMILES string of the molecule is COc1ccc(C2CC(=O)N(c3ccc(C(=O)O)cc3)C3=C2C(=O)CCC3)cc1. The van der Waals surface area contributed by atoms with Crippen molar-refractivity contribution in [3.05, 3.63) is 70.9 Å². The fourth-order valence-corrected chi connectivity index (χ4v) is 4.17. The molecule has 1 aliphatic heterocycles. The third kappa shape index (κ3) is 3.42. The van der Waals surface area contributed by atoms with Crippen molar-refractivity contribution in [1.29, 1.82) is 0 Å². The van der Waals surface area contributed by atoms with Crippen molar-refractivity contribution in [3.8, 4) is 5.75 Å². The fourth-order valence-electron chi connectivity index (χ4n) is 4.17. The number of Topliss-reactive ketones (excluding diaryl/α,β-unsaturated/α-hetero) is 1. The van der Waals surface area contributed by atoms with E-state index in [9.17, 15) is 14.4 Å². The highest BCUT2D eigenvalue weighted by Gasteiger charge is 2.39. The Balaban J connectivity index is 1.78. The summed E-state index contributed by atoms with van der Waals surface area (Å²) in [5.74, 6) is -0.589. The second-order valence-corrected chi connectivity index (χ2v) is 7.25. The summed E-state index contributed by atoms with van der Waals surface area (Å²) in [7, 11) is 1.60. The van der Waals surface area contributed by atoms with E-state index in [0.29, 0.717) is 30.5 Å². The molecule has 2 aromatic rings. The lowest BCUT2D eigenvalue weighted by Crippen LogP contribution is -2.40. The fraction of sp³-hybridized carbons (Fsp3) is 0.261. The van der Waals surface area contributed by atoms with Crippen molar-refractivity contribution in [2.45, 2.75) is 31.6 Å². The van der Waals surface area contributed by atoms with Crippen molar-refractivity contribution in [2.24, 2.45) is 0 Å². The molecule has 1 unspecified atom stereocenters. The van der Waals surface area contributed by atoms with Crippen LogP contribution in [0, 0.1) is 0 Å². The van der Waals surface area contributed by atoms with Gasteiger partial charge in [0.2, 0.25) is 5.91 Å². The number of anilines is 1. The molecule has 0 fully saturated rings. The molecule has 29 heavy (non-hydrogen) atoms. The van der Waals surface area contributed by atoms with Crippen molar-refractivity contribution in [3.63, 3.8) is 0 Å². The molecule has 1 amide bonds. The largest absolute Gasteiger partial charge is 0.497 e. The Labute approximate surface area is 168 Å². The van der Waals surface area contributed by atoms with Crippen LogP contribution in [0.25, 0.3) is 0 Å². The van der Waals surface area contributed by atoms with Crippen LogP contribution in [0.5, 0.6) is 5.75 Å². The van der Waals surface area contributed by atoms with Crippen LogP contribution in [0.15, 0.2) is 59.8 Å². The van der Waals surface area contributed by atoms with Gasteiger partial charge in [0.25, 0.3) is 0 Å². The minimum atomic E-state index is -1.02. The summed E-state index contributed by atoms with van der Waals surface area (Å²) in [4.78, 5) is 38.7. The molecule has 4 rings (SSSR count). The quantitative estimate of drug-likeness (QED) is 0.854. The van der Waals surface area contributed by atoms with E-state index in [0.717, 1.165) is 17.0 Å². The summed E-state index contributed by atoms with van der Waals surface area (Å²) in [5, 5.41) is 9.11. The number of hydrogen-bond acceptors (Lipinski definition) is 4. The standard InChI is InChI=1S/C23H21NO5/c1-29-17-11-7-14(8-12-17)18-13-21(26)24(19-3-2-4-20(25)22(18)19)16-9-5-15(6-10-16)23(27)28/h5-12,18H,2-4,13H2,1H3,(H,27,28). The number of ether oxygens (including phenoxy) is 1. The van der Waals surface area contributed by atoms with Gasteiger partial charge in [0.05, 0.1) is 12.7 Å². The number of rotatable bonds is 4. The van der Waals surface area contributed by atoms with Gasteiger partial charge in [-0.2, -0.15) is 0 Å². The van der Waals surface area contributed by atoms with E-state index in [2.05, 4.69) is 0 Å². The van der Waals surface area contributed by atoms with Gasteiger partial charge < -0.3 is 9.84 Å². The molecule has 0 spiro atoms. The molecular weight excluding hydrogens is 370 g/mol. The van der Waals surface area contributed by atoms with Crippen LogP contribution < -0.4 is 9.64 Å². The van der Waals surface area contributed by atoms with Gasteiger partial charge in [-0.25, -0.2) is 4.79 Å². The Morgan fingerprint density at radius 1 is 1.03 bits per heavy atom. The van der Waals surface area contributed by atoms with Gasteiger partial charge in [-0.1, -0.05) is 12.1 Å². The molecule has 1 atom stereocenters. The number of hydrogen-bond donors (Lipinski definition) is 1. The van der Waals surface area contributed by atoms with Gasteiger partial charge in [-0.3, -0.25) is 14.5 Å². The summed E-state index contributed by atoms with van der Waals surface area (Å²) in [6.45, 7) is 0. The lowest BCUT2D eigenvalue weighted by atomic mass is 9.77. The number of benzene rings is 2. The maximum absolute atomic E-state index is 13.1. The number of allylic oxidation sites excluding steroid dienone is 2. The van der Waals surface area contributed by atoms with Crippen LogP contribution in [0.4, 0.5) is 5.69 Å². The summed E-state index contributed by atoms with van der Waals surface area (Å²) >= 11 is 0. The van der Waals surface area contributed by atoms with Gasteiger partial charge in [-0.15, -0.1) is 0 Å². The summed E-state index contributed by atoms with van der Waals surface area (Å²) in [5.41, 5.74) is 3.10. The predicted molar refractivity (Wildman–Crippen MR) is 107 cm³/mol. The Morgan fingerprint density at radius 2 is 1.72 bits per heavy atom. The lowest BCUT2D eigenvalue weighted by Gasteiger charge is -2.38. The molecule has 0 aromatic heterocycles. The molecule has 0 saturated carbocycles. The van der Waals surface area contributed by atoms with Crippen molar-refractivity contribution in [1.82, 2.24) is 0 Å². The molecule has 0 radical (unpaired) electrons. The molecule has 2 aliphatic rings. The molecular formula is C23H21NO5. The Bertz CT molecular complexity index is 1000. The van der Waals surface area contributed by atoms with Gasteiger partial charge in [0.1, 0.15) is 5.75 Å². The van der Waals surface area contributed by atoms with Crippen LogP contribution in [0.2, 0.25) is 0 Å². The van der Waals surface area contributed by atoms with E-state index in [4.69, 9.17) is 9.84 Å². The van der Waals surface area contributed by atoms with E-state index < -0.39 is 5.97 Å². The van der Waals surface area contributed by atoms with Gasteiger partial charge in [0.15, 0.2) is 5.78 Å². The number of ketones is 1. The number of carboxylic acid groups (broad SMARTS) is 1. The van der Waals surface area contributed by atoms with Gasteiger partial charge >= 0.3 is 5.97 Å². The highest BCUT2D eigenvalue weighted by Crippen LogP contribution is 2.43. The van der Waals surface area contributed by atoms with E-state index in [1.807, 2.05) is 24.3 Å². The minimum absolute atomic E-state index is 0.0757. The molecule has 0 saturated heterocycles. The first kappa shape index (κ1) is 18.9. The Kier molecular flexibility index (Phi) is 4.92. The van der Waals surface area contributed by atoms with Crippen molar-refractivity contribution >= 4 is 23.3 Å². The predicted octanol–water partition coefficient (Wildman–Crippen LogP) is 3.92. The first-order valence-corrected chi connectivity index (χ1v) is 9.56. The minimum Gasteiger partial charge on any atom is -0.497 e. The van der Waals surface area contributed by atoms with Crippen LogP contribution >= 0.6 is 0 Å². The number of aromatic carboxylic acids is 1.